The van der Waals surface area contributed by atoms with Crippen LogP contribution >= 0.6 is 0 Å². The van der Waals surface area contributed by atoms with Gasteiger partial charge < -0.3 is 14.9 Å². The lowest BCUT2D eigenvalue weighted by atomic mass is 10.4. The van der Waals surface area contributed by atoms with E-state index in [2.05, 4.69) is 11.3 Å². The van der Waals surface area contributed by atoms with Crippen molar-refractivity contribution < 1.29 is 19.7 Å². The average molecular weight is 188 g/mol. The molecular formula is C9H16O4. The molecule has 0 aromatic carbocycles. The molecule has 0 aliphatic carbocycles. The molecule has 0 saturated carbocycles. The molecule has 4 nitrogen and oxygen atoms in total. The fourth-order valence-electron chi connectivity index (χ4n) is 0.230. The van der Waals surface area contributed by atoms with Crippen LogP contribution in [0.25, 0.3) is 0 Å². The molecule has 0 fully saturated rings. The number of hydrogen-bond acceptors (Lipinski definition) is 4. The zero-order valence-corrected chi connectivity index (χ0v) is 7.99. The van der Waals surface area contributed by atoms with Gasteiger partial charge >= 0.3 is 5.97 Å². The lowest BCUT2D eigenvalue weighted by Crippen LogP contribution is -1.98. The lowest BCUT2D eigenvalue weighted by Gasteiger charge is -1.93. The molecule has 0 aromatic rings. The molecule has 0 aliphatic heterocycles. The minimum Gasteiger partial charge on any atom is -0.432 e. The average Bonchev–Trinajstić information content (AvgIpc) is 2.14. The van der Waals surface area contributed by atoms with Gasteiger partial charge in [-0.05, 0) is 13.8 Å². The first-order valence-electron chi connectivity index (χ1n) is 3.79. The Kier molecular flexibility index (Phi) is 12.0. The van der Waals surface area contributed by atoms with Gasteiger partial charge in [0.15, 0.2) is 0 Å². The van der Waals surface area contributed by atoms with Crippen LogP contribution in [0.2, 0.25) is 0 Å². The van der Waals surface area contributed by atoms with E-state index in [0.29, 0.717) is 5.57 Å². The van der Waals surface area contributed by atoms with Crippen molar-refractivity contribution in [3.05, 3.63) is 24.5 Å². The first kappa shape index (κ1) is 14.4. The molecule has 76 valence electrons. The summed E-state index contributed by atoms with van der Waals surface area (Å²) >= 11 is 0. The second kappa shape index (κ2) is 10.9. The Bertz CT molecular complexity index is 170. The summed E-state index contributed by atoms with van der Waals surface area (Å²) < 4.78 is 4.53. The number of rotatable bonds is 3. The van der Waals surface area contributed by atoms with Crippen LogP contribution in [0, 0.1) is 0 Å². The van der Waals surface area contributed by atoms with Crippen LogP contribution in [0.4, 0.5) is 0 Å². The minimum atomic E-state index is -0.381. The standard InChI is InChI=1S/C7H10O2.C2H6O2/c1-4-5-9-7(8)6(2)3;3-1-2-4/h4-5H,2H2,1,3H3;3-4H,1-2H2/b5-4+;. The highest BCUT2D eigenvalue weighted by Crippen LogP contribution is 1.91. The summed E-state index contributed by atoms with van der Waals surface area (Å²) in [5.41, 5.74) is 0.410. The van der Waals surface area contributed by atoms with Crippen LogP contribution in [-0.2, 0) is 9.53 Å². The molecule has 0 aliphatic rings. The summed E-state index contributed by atoms with van der Waals surface area (Å²) in [6.07, 6.45) is 2.97. The minimum absolute atomic E-state index is 0.125. The van der Waals surface area contributed by atoms with Crippen molar-refractivity contribution in [3.63, 3.8) is 0 Å². The molecule has 0 aromatic heterocycles. The Morgan fingerprint density at radius 1 is 1.46 bits per heavy atom. The van der Waals surface area contributed by atoms with Crippen molar-refractivity contribution in [2.45, 2.75) is 13.8 Å². The first-order chi connectivity index (χ1) is 6.09. The maximum atomic E-state index is 10.5. The van der Waals surface area contributed by atoms with Crippen molar-refractivity contribution >= 4 is 5.97 Å². The number of aliphatic hydroxyl groups is 2. The van der Waals surface area contributed by atoms with Gasteiger partial charge in [0.1, 0.15) is 0 Å². The van der Waals surface area contributed by atoms with E-state index in [4.69, 9.17) is 10.2 Å². The summed E-state index contributed by atoms with van der Waals surface area (Å²) in [5, 5.41) is 15.2. The van der Waals surface area contributed by atoms with E-state index in [1.54, 1.807) is 19.9 Å². The Morgan fingerprint density at radius 3 is 2.15 bits per heavy atom. The monoisotopic (exact) mass is 188 g/mol. The second-order valence-corrected chi connectivity index (χ2v) is 2.10. The third kappa shape index (κ3) is 13.8. The molecule has 13 heavy (non-hydrogen) atoms. The number of allylic oxidation sites excluding steroid dienone is 1. The SMILES string of the molecule is C=C(C)C(=O)O/C=C/C.OCCO. The van der Waals surface area contributed by atoms with Gasteiger partial charge in [-0.1, -0.05) is 12.7 Å². The summed E-state index contributed by atoms with van der Waals surface area (Å²) in [6.45, 7) is 6.52. The predicted octanol–water partition coefficient (Wildman–Crippen LogP) is 0.610. The largest absolute Gasteiger partial charge is 0.432 e. The number of hydrogen-bond donors (Lipinski definition) is 2. The highest BCUT2D eigenvalue weighted by atomic mass is 16.5. The van der Waals surface area contributed by atoms with E-state index in [1.807, 2.05) is 0 Å². The molecule has 0 amide bonds. The molecule has 2 N–H and O–H groups in total. The quantitative estimate of drug-likeness (QED) is 0.387. The van der Waals surface area contributed by atoms with Gasteiger partial charge in [-0.15, -0.1) is 0 Å². The highest BCUT2D eigenvalue weighted by Gasteiger charge is 1.97. The normalized spacial score (nSPS) is 8.92. The van der Waals surface area contributed by atoms with Crippen molar-refractivity contribution in [2.24, 2.45) is 0 Å². The van der Waals surface area contributed by atoms with Gasteiger partial charge in [0.25, 0.3) is 0 Å². The van der Waals surface area contributed by atoms with Crippen LogP contribution < -0.4 is 0 Å². The zero-order valence-electron chi connectivity index (χ0n) is 7.99. The van der Waals surface area contributed by atoms with Crippen molar-refractivity contribution in [2.75, 3.05) is 13.2 Å². The van der Waals surface area contributed by atoms with Crippen molar-refractivity contribution in [3.8, 4) is 0 Å². The number of carbonyl (C=O) groups is 1. The first-order valence-corrected chi connectivity index (χ1v) is 3.79. The predicted molar refractivity (Wildman–Crippen MR) is 49.9 cm³/mol. The molecule has 0 bridgehead atoms. The molecule has 0 saturated heterocycles. The maximum absolute atomic E-state index is 10.5. The van der Waals surface area contributed by atoms with Gasteiger partial charge in [-0.3, -0.25) is 0 Å². The summed E-state index contributed by atoms with van der Waals surface area (Å²) in [4.78, 5) is 10.5. The Morgan fingerprint density at radius 2 is 1.92 bits per heavy atom. The van der Waals surface area contributed by atoms with E-state index in [1.165, 1.54) is 6.26 Å². The second-order valence-electron chi connectivity index (χ2n) is 2.10. The molecule has 0 unspecified atom stereocenters. The molecule has 0 heterocycles. The topological polar surface area (TPSA) is 66.8 Å². The number of ether oxygens (including phenoxy) is 1. The lowest BCUT2D eigenvalue weighted by molar-refractivity contribution is -0.133. The van der Waals surface area contributed by atoms with E-state index in [0.717, 1.165) is 0 Å². The van der Waals surface area contributed by atoms with Gasteiger partial charge in [0.2, 0.25) is 0 Å². The van der Waals surface area contributed by atoms with Crippen LogP contribution in [0.15, 0.2) is 24.5 Å². The van der Waals surface area contributed by atoms with Crippen LogP contribution in [0.3, 0.4) is 0 Å². The Balaban J connectivity index is 0. The summed E-state index contributed by atoms with van der Waals surface area (Å²) in [5.74, 6) is -0.381. The van der Waals surface area contributed by atoms with Crippen LogP contribution in [0.1, 0.15) is 13.8 Å². The summed E-state index contributed by atoms with van der Waals surface area (Å²) in [6, 6.07) is 0. The summed E-state index contributed by atoms with van der Waals surface area (Å²) in [7, 11) is 0. The molecular weight excluding hydrogens is 172 g/mol. The fourth-order valence-corrected chi connectivity index (χ4v) is 0.230. The smallest absolute Gasteiger partial charge is 0.337 e. The van der Waals surface area contributed by atoms with Gasteiger partial charge in [-0.25, -0.2) is 4.79 Å². The zero-order chi connectivity index (χ0) is 10.7. The van der Waals surface area contributed by atoms with Gasteiger partial charge in [0.05, 0.1) is 19.5 Å². The third-order valence-corrected chi connectivity index (χ3v) is 0.760. The number of carbonyl (C=O) groups excluding carboxylic acids is 1. The van der Waals surface area contributed by atoms with Gasteiger partial charge in [0, 0.05) is 5.57 Å². The Labute approximate surface area is 78.1 Å². The fraction of sp³-hybridized carbons (Fsp3) is 0.444. The van der Waals surface area contributed by atoms with Gasteiger partial charge in [-0.2, -0.15) is 0 Å². The number of aliphatic hydroxyl groups excluding tert-OH is 2. The molecule has 4 heteroatoms. The van der Waals surface area contributed by atoms with Crippen LogP contribution in [0.5, 0.6) is 0 Å². The maximum Gasteiger partial charge on any atom is 0.337 e. The third-order valence-electron chi connectivity index (χ3n) is 0.760. The highest BCUT2D eigenvalue weighted by molar-refractivity contribution is 5.87. The van der Waals surface area contributed by atoms with E-state index >= 15 is 0 Å². The van der Waals surface area contributed by atoms with E-state index in [9.17, 15) is 4.79 Å². The number of esters is 1. The molecule has 0 rings (SSSR count). The van der Waals surface area contributed by atoms with Crippen molar-refractivity contribution in [1.29, 1.82) is 0 Å². The molecule has 0 atom stereocenters. The molecule has 0 radical (unpaired) electrons. The van der Waals surface area contributed by atoms with Crippen LogP contribution in [-0.4, -0.2) is 29.4 Å². The van der Waals surface area contributed by atoms with E-state index in [-0.39, 0.29) is 19.2 Å². The van der Waals surface area contributed by atoms with E-state index < -0.39 is 0 Å². The van der Waals surface area contributed by atoms with Crippen molar-refractivity contribution in [1.82, 2.24) is 0 Å². The molecule has 0 spiro atoms. The Hall–Kier alpha value is -1.13.